The number of benzene rings is 2. The SMILES string of the molecule is CCCCn1nc(C(=O)N2CCN(c3cccc(C(F)(F)F)c3)CC2)c2ccccc2c1=O. The zero-order valence-corrected chi connectivity index (χ0v) is 18.3. The highest BCUT2D eigenvalue weighted by Gasteiger charge is 2.31. The quantitative estimate of drug-likeness (QED) is 0.576. The van der Waals surface area contributed by atoms with Crippen LogP contribution in [0.5, 0.6) is 0 Å². The van der Waals surface area contributed by atoms with Crippen LogP contribution in [0.2, 0.25) is 0 Å². The number of anilines is 1. The summed E-state index contributed by atoms with van der Waals surface area (Å²) in [6.07, 6.45) is -2.74. The van der Waals surface area contributed by atoms with E-state index < -0.39 is 11.7 Å². The molecular weight excluding hydrogens is 433 g/mol. The molecule has 0 saturated carbocycles. The second-order valence-corrected chi connectivity index (χ2v) is 8.10. The summed E-state index contributed by atoms with van der Waals surface area (Å²) < 4.78 is 40.5. The van der Waals surface area contributed by atoms with Gasteiger partial charge in [0.05, 0.1) is 10.9 Å². The van der Waals surface area contributed by atoms with E-state index in [0.29, 0.717) is 49.2 Å². The lowest BCUT2D eigenvalue weighted by Gasteiger charge is -2.36. The Morgan fingerprint density at radius 3 is 2.36 bits per heavy atom. The summed E-state index contributed by atoms with van der Waals surface area (Å²) in [6.45, 7) is 3.95. The summed E-state index contributed by atoms with van der Waals surface area (Å²) in [5.74, 6) is -0.278. The van der Waals surface area contributed by atoms with E-state index in [0.717, 1.165) is 25.0 Å². The maximum Gasteiger partial charge on any atom is 0.416 e. The average Bonchev–Trinajstić information content (AvgIpc) is 2.83. The Morgan fingerprint density at radius 1 is 1.00 bits per heavy atom. The summed E-state index contributed by atoms with van der Waals surface area (Å²) in [5.41, 5.74) is -0.198. The molecule has 0 atom stereocenters. The molecule has 6 nitrogen and oxygen atoms in total. The number of carbonyl (C=O) groups is 1. The smallest absolute Gasteiger partial charge is 0.368 e. The Hall–Kier alpha value is -3.36. The van der Waals surface area contributed by atoms with Crippen molar-refractivity contribution in [1.82, 2.24) is 14.7 Å². The number of piperazine rings is 1. The van der Waals surface area contributed by atoms with Crippen LogP contribution in [-0.2, 0) is 12.7 Å². The first-order valence-electron chi connectivity index (χ1n) is 11.0. The van der Waals surface area contributed by atoms with Crippen molar-refractivity contribution in [1.29, 1.82) is 0 Å². The van der Waals surface area contributed by atoms with Gasteiger partial charge in [0.2, 0.25) is 0 Å². The highest BCUT2D eigenvalue weighted by molar-refractivity contribution is 6.04. The van der Waals surface area contributed by atoms with Gasteiger partial charge in [0.1, 0.15) is 0 Å². The predicted molar refractivity (Wildman–Crippen MR) is 120 cm³/mol. The van der Waals surface area contributed by atoms with Gasteiger partial charge in [0, 0.05) is 43.8 Å². The lowest BCUT2D eigenvalue weighted by Crippen LogP contribution is -2.49. The molecule has 0 bridgehead atoms. The van der Waals surface area contributed by atoms with Crippen LogP contribution in [0.1, 0.15) is 35.8 Å². The monoisotopic (exact) mass is 458 g/mol. The molecule has 1 aliphatic heterocycles. The topological polar surface area (TPSA) is 58.4 Å². The maximum atomic E-state index is 13.4. The molecule has 1 saturated heterocycles. The van der Waals surface area contributed by atoms with Gasteiger partial charge in [-0.1, -0.05) is 37.6 Å². The van der Waals surface area contributed by atoms with E-state index in [1.165, 1.54) is 10.7 Å². The van der Waals surface area contributed by atoms with E-state index in [1.807, 2.05) is 11.8 Å². The van der Waals surface area contributed by atoms with E-state index in [1.54, 1.807) is 35.2 Å². The van der Waals surface area contributed by atoms with Crippen molar-refractivity contribution in [3.8, 4) is 0 Å². The van der Waals surface area contributed by atoms with Gasteiger partial charge < -0.3 is 9.80 Å². The third kappa shape index (κ3) is 4.72. The van der Waals surface area contributed by atoms with E-state index >= 15 is 0 Å². The Labute approximate surface area is 189 Å². The number of nitrogens with zero attached hydrogens (tertiary/aromatic N) is 4. The Kier molecular flexibility index (Phi) is 6.40. The minimum atomic E-state index is -4.40. The van der Waals surface area contributed by atoms with Gasteiger partial charge in [-0.15, -0.1) is 0 Å². The first-order valence-corrected chi connectivity index (χ1v) is 11.0. The number of aryl methyl sites for hydroxylation is 1. The van der Waals surface area contributed by atoms with Gasteiger partial charge in [-0.3, -0.25) is 9.59 Å². The predicted octanol–water partition coefficient (Wildman–Crippen LogP) is 4.18. The van der Waals surface area contributed by atoms with Crippen molar-refractivity contribution in [2.45, 2.75) is 32.5 Å². The normalized spacial score (nSPS) is 14.7. The van der Waals surface area contributed by atoms with Gasteiger partial charge in [0.15, 0.2) is 5.69 Å². The van der Waals surface area contributed by atoms with Crippen LogP contribution >= 0.6 is 0 Å². The van der Waals surface area contributed by atoms with Crippen molar-refractivity contribution in [3.63, 3.8) is 0 Å². The molecule has 4 rings (SSSR count). The second-order valence-electron chi connectivity index (χ2n) is 8.10. The molecule has 2 aromatic carbocycles. The van der Waals surface area contributed by atoms with Crippen molar-refractivity contribution in [3.05, 3.63) is 70.1 Å². The highest BCUT2D eigenvalue weighted by atomic mass is 19.4. The van der Waals surface area contributed by atoms with Gasteiger partial charge in [0.25, 0.3) is 11.5 Å². The fraction of sp³-hybridized carbons (Fsp3) is 0.375. The number of carbonyl (C=O) groups excluding carboxylic acids is 1. The number of halogens is 3. The second kappa shape index (κ2) is 9.25. The van der Waals surface area contributed by atoms with Crippen LogP contribution < -0.4 is 10.5 Å². The number of amides is 1. The summed E-state index contributed by atoms with van der Waals surface area (Å²) in [4.78, 5) is 29.6. The maximum absolute atomic E-state index is 13.4. The first kappa shape index (κ1) is 22.8. The molecule has 1 aromatic heterocycles. The summed E-state index contributed by atoms with van der Waals surface area (Å²) in [7, 11) is 0. The number of hydrogen-bond donors (Lipinski definition) is 0. The molecule has 1 aliphatic rings. The minimum absolute atomic E-state index is 0.218. The third-order valence-electron chi connectivity index (χ3n) is 5.90. The molecule has 0 radical (unpaired) electrons. The Bertz CT molecular complexity index is 1210. The lowest BCUT2D eigenvalue weighted by atomic mass is 10.1. The molecule has 2 heterocycles. The number of hydrogen-bond acceptors (Lipinski definition) is 4. The molecule has 0 spiro atoms. The number of alkyl halides is 3. The summed E-state index contributed by atoms with van der Waals surface area (Å²) in [5, 5.41) is 5.37. The van der Waals surface area contributed by atoms with Crippen LogP contribution in [0.3, 0.4) is 0 Å². The average molecular weight is 458 g/mol. The lowest BCUT2D eigenvalue weighted by molar-refractivity contribution is -0.137. The zero-order chi connectivity index (χ0) is 23.6. The van der Waals surface area contributed by atoms with Crippen LogP contribution in [0.25, 0.3) is 10.8 Å². The van der Waals surface area contributed by atoms with Crippen molar-refractivity contribution in [2.24, 2.45) is 0 Å². The fourth-order valence-electron chi connectivity index (χ4n) is 4.05. The molecule has 0 aliphatic carbocycles. The minimum Gasteiger partial charge on any atom is -0.368 e. The fourth-order valence-corrected chi connectivity index (χ4v) is 4.05. The van der Waals surface area contributed by atoms with E-state index in [9.17, 15) is 22.8 Å². The molecule has 1 amide bonds. The van der Waals surface area contributed by atoms with Gasteiger partial charge in [-0.25, -0.2) is 4.68 Å². The van der Waals surface area contributed by atoms with Crippen molar-refractivity contribution >= 4 is 22.4 Å². The third-order valence-corrected chi connectivity index (χ3v) is 5.90. The van der Waals surface area contributed by atoms with Crippen LogP contribution in [0.15, 0.2) is 53.3 Å². The largest absolute Gasteiger partial charge is 0.416 e. The van der Waals surface area contributed by atoms with E-state index in [-0.39, 0.29) is 17.2 Å². The molecule has 9 heteroatoms. The van der Waals surface area contributed by atoms with Crippen LogP contribution in [0, 0.1) is 0 Å². The first-order chi connectivity index (χ1) is 15.8. The standard InChI is InChI=1S/C24H25F3N4O2/c1-2-3-11-31-22(32)20-10-5-4-9-19(20)21(28-31)23(33)30-14-12-29(13-15-30)18-8-6-7-17(16-18)24(25,26)27/h4-10,16H,2-3,11-15H2,1H3. The number of rotatable bonds is 5. The molecule has 33 heavy (non-hydrogen) atoms. The molecule has 1 fully saturated rings. The zero-order valence-electron chi connectivity index (χ0n) is 18.3. The molecule has 0 unspecified atom stereocenters. The molecule has 0 N–H and O–H groups in total. The number of aromatic nitrogens is 2. The summed E-state index contributed by atoms with van der Waals surface area (Å²) in [6, 6.07) is 12.2. The van der Waals surface area contributed by atoms with E-state index in [2.05, 4.69) is 5.10 Å². The van der Waals surface area contributed by atoms with Gasteiger partial charge in [-0.2, -0.15) is 18.3 Å². The van der Waals surface area contributed by atoms with Crippen molar-refractivity contribution < 1.29 is 18.0 Å². The van der Waals surface area contributed by atoms with Crippen LogP contribution in [0.4, 0.5) is 18.9 Å². The number of fused-ring (bicyclic) bond motifs is 1. The van der Waals surface area contributed by atoms with Crippen LogP contribution in [-0.4, -0.2) is 46.8 Å². The van der Waals surface area contributed by atoms with E-state index in [4.69, 9.17) is 0 Å². The molecule has 3 aromatic rings. The number of unbranched alkanes of at least 4 members (excludes halogenated alkanes) is 1. The summed E-state index contributed by atoms with van der Waals surface area (Å²) >= 11 is 0. The highest BCUT2D eigenvalue weighted by Crippen LogP contribution is 2.32. The molecule has 174 valence electrons. The van der Waals surface area contributed by atoms with Gasteiger partial charge in [-0.05, 0) is 30.7 Å². The Balaban J connectivity index is 1.56. The van der Waals surface area contributed by atoms with Crippen molar-refractivity contribution in [2.75, 3.05) is 31.1 Å². The van der Waals surface area contributed by atoms with Gasteiger partial charge >= 0.3 is 6.18 Å². The Morgan fingerprint density at radius 2 is 1.70 bits per heavy atom. The molecular formula is C24H25F3N4O2.